The maximum atomic E-state index is 12.7. The van der Waals surface area contributed by atoms with Crippen LogP contribution in [-0.2, 0) is 22.6 Å². The monoisotopic (exact) mass is 297 g/mol. The summed E-state index contributed by atoms with van der Waals surface area (Å²) in [5, 5.41) is 0. The van der Waals surface area contributed by atoms with Crippen LogP contribution in [0.15, 0.2) is 11.0 Å². The van der Waals surface area contributed by atoms with Crippen molar-refractivity contribution >= 4 is 5.97 Å². The lowest BCUT2D eigenvalue weighted by molar-refractivity contribution is -0.275. The zero-order valence-corrected chi connectivity index (χ0v) is 10.3. The molecule has 0 radical (unpaired) electrons. The summed E-state index contributed by atoms with van der Waals surface area (Å²) < 4.78 is 57.0. The molecule has 20 heavy (non-hydrogen) atoms. The summed E-state index contributed by atoms with van der Waals surface area (Å²) in [6.45, 7) is 0.401. The summed E-state index contributed by atoms with van der Waals surface area (Å²) in [6, 6.07) is 0. The van der Waals surface area contributed by atoms with Crippen molar-refractivity contribution in [2.45, 2.75) is 26.4 Å². The normalized spacial score (nSPS) is 11.2. The Balaban J connectivity index is 3.16. The fraction of sp³-hybridized carbons (Fsp3) is 0.455. The average Bonchev–Trinajstić information content (AvgIpc) is 2.33. The van der Waals surface area contributed by atoms with E-state index in [2.05, 4.69) is 14.5 Å². The van der Waals surface area contributed by atoms with E-state index in [1.807, 2.05) is 0 Å². The molecule has 0 saturated carbocycles. The fourth-order valence-corrected chi connectivity index (χ4v) is 1.45. The molecule has 0 atom stereocenters. The predicted octanol–water partition coefficient (Wildman–Crippen LogP) is 1.85. The van der Waals surface area contributed by atoms with Gasteiger partial charge in [0.2, 0.25) is 5.43 Å². The second-order valence-electron chi connectivity index (χ2n) is 3.60. The smallest absolute Gasteiger partial charge is 0.466 e. The number of alkyl halides is 4. The van der Waals surface area contributed by atoms with Gasteiger partial charge >= 0.3 is 12.3 Å². The molecule has 5 nitrogen and oxygen atoms in total. The lowest BCUT2D eigenvalue weighted by Gasteiger charge is -2.11. The van der Waals surface area contributed by atoms with E-state index in [9.17, 15) is 27.2 Å². The van der Waals surface area contributed by atoms with Crippen molar-refractivity contribution in [2.75, 3.05) is 6.61 Å². The maximum Gasteiger partial charge on any atom is 0.573 e. The van der Waals surface area contributed by atoms with E-state index in [0.717, 1.165) is 0 Å². The summed E-state index contributed by atoms with van der Waals surface area (Å²) >= 11 is 0. The standard InChI is InChI=1S/C11H11F4NO4/c1-2-19-9(17)3-6-7(4-12)16-5-8(10(6)18)20-11(13,14)15/h5H,2-4H2,1H3,(H,16,18). The number of halogens is 4. The number of aromatic amines is 1. The molecule has 0 unspecified atom stereocenters. The van der Waals surface area contributed by atoms with Crippen molar-refractivity contribution in [3.05, 3.63) is 27.7 Å². The van der Waals surface area contributed by atoms with Crippen LogP contribution in [0.1, 0.15) is 18.2 Å². The number of H-pyrrole nitrogens is 1. The van der Waals surface area contributed by atoms with E-state index in [-0.39, 0.29) is 12.3 Å². The molecule has 0 aromatic carbocycles. The van der Waals surface area contributed by atoms with E-state index in [1.54, 1.807) is 0 Å². The summed E-state index contributed by atoms with van der Waals surface area (Å²) in [7, 11) is 0. The highest BCUT2D eigenvalue weighted by molar-refractivity contribution is 5.73. The van der Waals surface area contributed by atoms with Gasteiger partial charge in [-0.3, -0.25) is 9.59 Å². The van der Waals surface area contributed by atoms with Crippen molar-refractivity contribution < 1.29 is 31.8 Å². The van der Waals surface area contributed by atoms with Gasteiger partial charge in [-0.05, 0) is 6.92 Å². The van der Waals surface area contributed by atoms with E-state index in [0.29, 0.717) is 6.20 Å². The molecule has 0 aliphatic rings. The Morgan fingerprint density at radius 1 is 1.40 bits per heavy atom. The molecule has 0 fully saturated rings. The van der Waals surface area contributed by atoms with Gasteiger partial charge in [-0.1, -0.05) is 0 Å². The van der Waals surface area contributed by atoms with Crippen LogP contribution in [0.25, 0.3) is 0 Å². The number of rotatable bonds is 5. The molecular formula is C11H11F4NO4. The minimum absolute atomic E-state index is 0.0282. The van der Waals surface area contributed by atoms with Gasteiger partial charge in [0.05, 0.1) is 18.7 Å². The van der Waals surface area contributed by atoms with Crippen LogP contribution < -0.4 is 10.2 Å². The first-order valence-electron chi connectivity index (χ1n) is 5.49. The minimum Gasteiger partial charge on any atom is -0.466 e. The van der Waals surface area contributed by atoms with Gasteiger partial charge in [0, 0.05) is 11.8 Å². The van der Waals surface area contributed by atoms with Gasteiger partial charge in [-0.2, -0.15) is 0 Å². The Labute approximate surface area is 110 Å². The summed E-state index contributed by atoms with van der Waals surface area (Å²) in [6.07, 6.45) is -5.11. The topological polar surface area (TPSA) is 68.4 Å². The van der Waals surface area contributed by atoms with E-state index < -0.39 is 42.2 Å². The van der Waals surface area contributed by atoms with E-state index in [4.69, 9.17) is 0 Å². The minimum atomic E-state index is -5.06. The van der Waals surface area contributed by atoms with E-state index in [1.165, 1.54) is 6.92 Å². The number of aromatic nitrogens is 1. The zero-order chi connectivity index (χ0) is 15.3. The maximum absolute atomic E-state index is 12.7. The largest absolute Gasteiger partial charge is 0.573 e. The first-order valence-corrected chi connectivity index (χ1v) is 5.49. The molecule has 0 aliphatic carbocycles. The summed E-state index contributed by atoms with van der Waals surface area (Å²) in [5.74, 6) is -1.91. The Hall–Kier alpha value is -2.06. The number of pyridine rings is 1. The fourth-order valence-electron chi connectivity index (χ4n) is 1.45. The molecular weight excluding hydrogens is 286 g/mol. The first-order chi connectivity index (χ1) is 9.28. The Morgan fingerprint density at radius 3 is 2.55 bits per heavy atom. The summed E-state index contributed by atoms with van der Waals surface area (Å²) in [5.41, 5.74) is -1.95. The lowest BCUT2D eigenvalue weighted by Crippen LogP contribution is -2.26. The number of carbonyl (C=O) groups excluding carboxylic acids is 1. The number of nitrogens with one attached hydrogen (secondary N) is 1. The third-order valence-corrected chi connectivity index (χ3v) is 2.23. The molecule has 0 amide bonds. The van der Waals surface area contributed by atoms with Crippen LogP contribution in [0.4, 0.5) is 17.6 Å². The summed E-state index contributed by atoms with van der Waals surface area (Å²) in [4.78, 5) is 25.2. The second kappa shape index (κ2) is 6.40. The van der Waals surface area contributed by atoms with Crippen LogP contribution in [0.3, 0.4) is 0 Å². The molecule has 1 heterocycles. The second-order valence-corrected chi connectivity index (χ2v) is 3.60. The van der Waals surface area contributed by atoms with Crippen molar-refractivity contribution in [3.8, 4) is 5.75 Å². The quantitative estimate of drug-likeness (QED) is 0.665. The SMILES string of the molecule is CCOC(=O)Cc1c(CF)[nH]cc(OC(F)(F)F)c1=O. The molecule has 112 valence electrons. The lowest BCUT2D eigenvalue weighted by atomic mass is 10.1. The van der Waals surface area contributed by atoms with Crippen LogP contribution in [0.5, 0.6) is 5.75 Å². The van der Waals surface area contributed by atoms with Gasteiger partial charge in [0.25, 0.3) is 0 Å². The predicted molar refractivity (Wildman–Crippen MR) is 58.9 cm³/mol. The van der Waals surface area contributed by atoms with Gasteiger partial charge in [-0.25, -0.2) is 4.39 Å². The first kappa shape index (κ1) is 16.0. The van der Waals surface area contributed by atoms with Crippen molar-refractivity contribution in [2.24, 2.45) is 0 Å². The number of ether oxygens (including phenoxy) is 2. The van der Waals surface area contributed by atoms with Crippen LogP contribution in [0, 0.1) is 0 Å². The van der Waals surface area contributed by atoms with Crippen LogP contribution in [0.2, 0.25) is 0 Å². The van der Waals surface area contributed by atoms with Gasteiger partial charge in [0.1, 0.15) is 6.67 Å². The molecule has 1 N–H and O–H groups in total. The molecule has 1 rings (SSSR count). The van der Waals surface area contributed by atoms with Crippen molar-refractivity contribution in [1.82, 2.24) is 4.98 Å². The average molecular weight is 297 g/mol. The molecule has 9 heteroatoms. The van der Waals surface area contributed by atoms with Gasteiger partial charge < -0.3 is 14.5 Å². The Kier molecular flexibility index (Phi) is 5.12. The third kappa shape index (κ3) is 4.25. The zero-order valence-electron chi connectivity index (χ0n) is 10.3. The van der Waals surface area contributed by atoms with E-state index >= 15 is 0 Å². The highest BCUT2D eigenvalue weighted by Gasteiger charge is 2.33. The number of hydrogen-bond donors (Lipinski definition) is 1. The number of carbonyl (C=O) groups is 1. The number of esters is 1. The van der Waals surface area contributed by atoms with Gasteiger partial charge in [-0.15, -0.1) is 13.2 Å². The molecule has 1 aromatic rings. The Morgan fingerprint density at radius 2 is 2.05 bits per heavy atom. The molecule has 0 saturated heterocycles. The van der Waals surface area contributed by atoms with Crippen LogP contribution >= 0.6 is 0 Å². The Bertz CT molecular complexity index is 538. The van der Waals surface area contributed by atoms with Crippen molar-refractivity contribution in [3.63, 3.8) is 0 Å². The highest BCUT2D eigenvalue weighted by Crippen LogP contribution is 2.20. The molecule has 0 aliphatic heterocycles. The van der Waals surface area contributed by atoms with Gasteiger partial charge in [0.15, 0.2) is 5.75 Å². The molecule has 0 bridgehead atoms. The molecule has 1 aromatic heterocycles. The third-order valence-electron chi connectivity index (χ3n) is 2.23. The highest BCUT2D eigenvalue weighted by atomic mass is 19.4. The molecule has 0 spiro atoms. The number of hydrogen-bond acceptors (Lipinski definition) is 4. The van der Waals surface area contributed by atoms with Crippen LogP contribution in [-0.4, -0.2) is 23.9 Å². The van der Waals surface area contributed by atoms with Crippen molar-refractivity contribution in [1.29, 1.82) is 0 Å².